The van der Waals surface area contributed by atoms with E-state index in [1.54, 1.807) is 31.2 Å². The van der Waals surface area contributed by atoms with Crippen molar-refractivity contribution in [2.75, 3.05) is 19.0 Å². The minimum absolute atomic E-state index is 0.101. The van der Waals surface area contributed by atoms with Gasteiger partial charge < -0.3 is 14.8 Å². The van der Waals surface area contributed by atoms with Crippen molar-refractivity contribution in [3.8, 4) is 11.4 Å². The van der Waals surface area contributed by atoms with Crippen molar-refractivity contribution in [3.63, 3.8) is 0 Å². The number of aryl methyl sites for hydroxylation is 1. The summed E-state index contributed by atoms with van der Waals surface area (Å²) in [5.41, 5.74) is 1.56. The summed E-state index contributed by atoms with van der Waals surface area (Å²) < 4.78 is 11.7. The van der Waals surface area contributed by atoms with Crippen LogP contribution in [-0.2, 0) is 9.53 Å². The molecule has 0 aliphatic rings. The number of esters is 1. The number of para-hydroxylation sites is 1. The number of aromatic nitrogens is 2. The Morgan fingerprint density at radius 3 is 2.55 bits per heavy atom. The summed E-state index contributed by atoms with van der Waals surface area (Å²) in [6, 6.07) is 13.9. The third kappa shape index (κ3) is 4.70. The third-order valence-corrected chi connectivity index (χ3v) is 4.56. The maximum atomic E-state index is 12.5. The van der Waals surface area contributed by atoms with Gasteiger partial charge in [-0.15, -0.1) is 0 Å². The summed E-state index contributed by atoms with van der Waals surface area (Å²) in [4.78, 5) is 24.7. The van der Waals surface area contributed by atoms with Crippen molar-refractivity contribution < 1.29 is 19.1 Å². The molecule has 0 aliphatic heterocycles. The number of anilines is 1. The number of hydrogen-bond donors (Lipinski definition) is 1. The monoisotopic (exact) mass is 433 g/mol. The van der Waals surface area contributed by atoms with Crippen molar-refractivity contribution in [1.29, 1.82) is 0 Å². The van der Waals surface area contributed by atoms with E-state index in [4.69, 9.17) is 32.7 Å². The first-order chi connectivity index (χ1) is 13.9. The quantitative estimate of drug-likeness (QED) is 0.586. The molecule has 0 atom stereocenters. The van der Waals surface area contributed by atoms with Gasteiger partial charge in [0.1, 0.15) is 16.5 Å². The molecule has 0 saturated heterocycles. The first-order valence-corrected chi connectivity index (χ1v) is 9.27. The Hall–Kier alpha value is -3.03. The van der Waals surface area contributed by atoms with Gasteiger partial charge in [0.15, 0.2) is 6.61 Å². The fraction of sp³-hybridized carbons (Fsp3) is 0.150. The number of halogens is 2. The van der Waals surface area contributed by atoms with Crippen molar-refractivity contribution in [2.24, 2.45) is 0 Å². The van der Waals surface area contributed by atoms with Gasteiger partial charge in [-0.1, -0.05) is 41.4 Å². The third-order valence-electron chi connectivity index (χ3n) is 3.98. The zero-order valence-electron chi connectivity index (χ0n) is 15.6. The van der Waals surface area contributed by atoms with Gasteiger partial charge in [0.05, 0.1) is 24.2 Å². The van der Waals surface area contributed by atoms with Crippen LogP contribution in [0.2, 0.25) is 10.2 Å². The lowest BCUT2D eigenvalue weighted by Crippen LogP contribution is -2.21. The predicted molar refractivity (Wildman–Crippen MR) is 110 cm³/mol. The highest BCUT2D eigenvalue weighted by molar-refractivity contribution is 6.33. The molecule has 0 fully saturated rings. The number of methoxy groups -OCH3 is 1. The van der Waals surface area contributed by atoms with E-state index in [1.807, 2.05) is 18.2 Å². The predicted octanol–water partition coefficient (Wildman–Crippen LogP) is 4.29. The largest absolute Gasteiger partial charge is 0.495 e. The van der Waals surface area contributed by atoms with Crippen molar-refractivity contribution in [1.82, 2.24) is 9.78 Å². The van der Waals surface area contributed by atoms with E-state index in [0.29, 0.717) is 27.8 Å². The number of nitrogens with zero attached hydrogens (tertiary/aromatic N) is 2. The van der Waals surface area contributed by atoms with Gasteiger partial charge >= 0.3 is 5.97 Å². The van der Waals surface area contributed by atoms with E-state index >= 15 is 0 Å². The van der Waals surface area contributed by atoms with E-state index in [0.717, 1.165) is 0 Å². The molecule has 29 heavy (non-hydrogen) atoms. The van der Waals surface area contributed by atoms with Crippen LogP contribution in [0.4, 0.5) is 5.69 Å². The summed E-state index contributed by atoms with van der Waals surface area (Å²) in [5, 5.41) is 7.40. The van der Waals surface area contributed by atoms with Crippen molar-refractivity contribution in [3.05, 3.63) is 70.0 Å². The number of benzene rings is 2. The second kappa shape index (κ2) is 8.98. The maximum Gasteiger partial charge on any atom is 0.343 e. The van der Waals surface area contributed by atoms with Gasteiger partial charge in [0, 0.05) is 5.02 Å². The minimum atomic E-state index is -0.747. The van der Waals surface area contributed by atoms with Crippen LogP contribution in [0.1, 0.15) is 16.1 Å². The van der Waals surface area contributed by atoms with Crippen molar-refractivity contribution in [2.45, 2.75) is 6.92 Å². The average molecular weight is 434 g/mol. The van der Waals surface area contributed by atoms with E-state index < -0.39 is 18.5 Å². The molecule has 2 aromatic carbocycles. The zero-order valence-corrected chi connectivity index (χ0v) is 17.1. The van der Waals surface area contributed by atoms with Gasteiger partial charge in [-0.25, -0.2) is 9.48 Å². The van der Waals surface area contributed by atoms with Crippen LogP contribution in [0.15, 0.2) is 48.5 Å². The van der Waals surface area contributed by atoms with Crippen LogP contribution >= 0.6 is 23.2 Å². The molecule has 1 amide bonds. The zero-order chi connectivity index (χ0) is 21.0. The topological polar surface area (TPSA) is 82.4 Å². The molecule has 3 rings (SSSR count). The molecule has 0 saturated carbocycles. The number of amides is 1. The number of rotatable bonds is 6. The van der Waals surface area contributed by atoms with E-state index in [2.05, 4.69) is 10.4 Å². The van der Waals surface area contributed by atoms with Gasteiger partial charge in [-0.2, -0.15) is 5.10 Å². The summed E-state index contributed by atoms with van der Waals surface area (Å²) in [5.74, 6) is -0.872. The Balaban J connectivity index is 1.69. The Morgan fingerprint density at radius 1 is 1.14 bits per heavy atom. The standard InChI is InChI=1S/C20H17Cl2N3O4/c1-12-18(19(22)25(24-12)14-6-4-3-5-7-14)20(27)29-11-17(26)23-15-10-13(21)8-9-16(15)28-2/h3-10H,11H2,1-2H3,(H,23,26). The lowest BCUT2D eigenvalue weighted by molar-refractivity contribution is -0.119. The Morgan fingerprint density at radius 2 is 1.86 bits per heavy atom. The van der Waals surface area contributed by atoms with Gasteiger partial charge in [0.2, 0.25) is 0 Å². The molecule has 3 aromatic rings. The molecule has 0 aliphatic carbocycles. The SMILES string of the molecule is COc1ccc(Cl)cc1NC(=O)COC(=O)c1c(C)nn(-c2ccccc2)c1Cl. The maximum absolute atomic E-state index is 12.5. The number of hydrogen-bond acceptors (Lipinski definition) is 5. The van der Waals surface area contributed by atoms with Crippen molar-refractivity contribution >= 4 is 40.8 Å². The number of nitrogens with one attached hydrogen (secondary N) is 1. The van der Waals surface area contributed by atoms with E-state index in [1.165, 1.54) is 17.9 Å². The summed E-state index contributed by atoms with van der Waals surface area (Å²) in [7, 11) is 1.47. The van der Waals surface area contributed by atoms with E-state index in [9.17, 15) is 9.59 Å². The summed E-state index contributed by atoms with van der Waals surface area (Å²) >= 11 is 12.3. The van der Waals surface area contributed by atoms with Crippen LogP contribution in [0.5, 0.6) is 5.75 Å². The van der Waals surface area contributed by atoms with Gasteiger partial charge in [-0.3, -0.25) is 4.79 Å². The Bertz CT molecular complexity index is 1050. The first-order valence-electron chi connectivity index (χ1n) is 8.51. The molecule has 1 aromatic heterocycles. The molecule has 150 valence electrons. The molecular formula is C20H17Cl2N3O4. The lowest BCUT2D eigenvalue weighted by Gasteiger charge is -2.11. The first kappa shape index (κ1) is 20.7. The molecule has 1 N–H and O–H groups in total. The highest BCUT2D eigenvalue weighted by Gasteiger charge is 2.23. The molecule has 0 spiro atoms. The van der Waals surface area contributed by atoms with Crippen LogP contribution in [0, 0.1) is 6.92 Å². The van der Waals surface area contributed by atoms with Gasteiger partial charge in [0.25, 0.3) is 5.91 Å². The number of carbonyl (C=O) groups excluding carboxylic acids is 2. The van der Waals surface area contributed by atoms with Crippen LogP contribution in [0.3, 0.4) is 0 Å². The molecular weight excluding hydrogens is 417 g/mol. The normalized spacial score (nSPS) is 10.5. The molecule has 7 nitrogen and oxygen atoms in total. The fourth-order valence-electron chi connectivity index (χ4n) is 2.64. The smallest absolute Gasteiger partial charge is 0.343 e. The molecule has 9 heteroatoms. The molecule has 0 bridgehead atoms. The second-order valence-electron chi connectivity index (χ2n) is 5.97. The fourth-order valence-corrected chi connectivity index (χ4v) is 3.16. The summed E-state index contributed by atoms with van der Waals surface area (Å²) in [6.07, 6.45) is 0. The molecule has 1 heterocycles. The Kier molecular flexibility index (Phi) is 6.41. The molecule has 0 radical (unpaired) electrons. The average Bonchev–Trinajstić information content (AvgIpc) is 3.01. The van der Waals surface area contributed by atoms with Crippen LogP contribution in [-0.4, -0.2) is 35.4 Å². The Labute approximate surface area is 177 Å². The van der Waals surface area contributed by atoms with E-state index in [-0.39, 0.29) is 10.7 Å². The van der Waals surface area contributed by atoms with Gasteiger partial charge in [-0.05, 0) is 37.3 Å². The highest BCUT2D eigenvalue weighted by Crippen LogP contribution is 2.28. The number of ether oxygens (including phenoxy) is 2. The number of carbonyl (C=O) groups is 2. The second-order valence-corrected chi connectivity index (χ2v) is 6.76. The highest BCUT2D eigenvalue weighted by atomic mass is 35.5. The van der Waals surface area contributed by atoms with Crippen LogP contribution < -0.4 is 10.1 Å². The summed E-state index contributed by atoms with van der Waals surface area (Å²) in [6.45, 7) is 1.12. The minimum Gasteiger partial charge on any atom is -0.495 e. The van der Waals surface area contributed by atoms with Crippen LogP contribution in [0.25, 0.3) is 5.69 Å². The lowest BCUT2D eigenvalue weighted by atomic mass is 10.2. The molecule has 0 unspecified atom stereocenters.